The van der Waals surface area contributed by atoms with Crippen LogP contribution in [0.2, 0.25) is 0 Å². The van der Waals surface area contributed by atoms with Gasteiger partial charge in [0.05, 0.1) is 0 Å². The van der Waals surface area contributed by atoms with Crippen molar-refractivity contribution in [1.82, 2.24) is 0 Å². The van der Waals surface area contributed by atoms with Gasteiger partial charge in [0.1, 0.15) is 17.1 Å². The van der Waals surface area contributed by atoms with Crippen LogP contribution in [0.3, 0.4) is 0 Å². The molecular formula is C17H17NO2. The topological polar surface area (TPSA) is 45.4 Å². The van der Waals surface area contributed by atoms with Gasteiger partial charge >= 0.3 is 0 Å². The fourth-order valence-corrected chi connectivity index (χ4v) is 2.47. The fraction of sp³-hybridized carbons (Fsp3) is 0.176. The number of hydrogen-bond acceptors (Lipinski definition) is 3. The number of furan rings is 1. The smallest absolute Gasteiger partial charge is 0.134 e. The van der Waals surface area contributed by atoms with Gasteiger partial charge in [0.15, 0.2) is 0 Å². The number of rotatable bonds is 3. The molecular weight excluding hydrogens is 250 g/mol. The lowest BCUT2D eigenvalue weighted by molar-refractivity contribution is 0.475. The van der Waals surface area contributed by atoms with Crippen LogP contribution in [0, 0.1) is 13.8 Å². The molecule has 0 aliphatic heterocycles. The summed E-state index contributed by atoms with van der Waals surface area (Å²) in [5.41, 5.74) is 4.14. The highest BCUT2D eigenvalue weighted by atomic mass is 16.3. The van der Waals surface area contributed by atoms with E-state index in [-0.39, 0.29) is 5.75 Å². The summed E-state index contributed by atoms with van der Waals surface area (Å²) >= 11 is 0. The average Bonchev–Trinajstić information content (AvgIpc) is 2.74. The molecule has 0 aliphatic rings. The molecule has 0 atom stereocenters. The maximum Gasteiger partial charge on any atom is 0.134 e. The van der Waals surface area contributed by atoms with Crippen LogP contribution in [-0.2, 0) is 6.54 Å². The minimum Gasteiger partial charge on any atom is -0.508 e. The molecule has 0 spiro atoms. The first-order chi connectivity index (χ1) is 9.65. The number of aryl methyl sites for hydroxylation is 2. The summed E-state index contributed by atoms with van der Waals surface area (Å²) < 4.78 is 5.76. The minimum atomic E-state index is 0.290. The molecule has 0 unspecified atom stereocenters. The van der Waals surface area contributed by atoms with Crippen LogP contribution >= 0.6 is 0 Å². The van der Waals surface area contributed by atoms with Crippen molar-refractivity contribution in [3.63, 3.8) is 0 Å². The summed E-state index contributed by atoms with van der Waals surface area (Å²) in [5.74, 6) is 1.23. The highest BCUT2D eigenvalue weighted by molar-refractivity contribution is 5.82. The summed E-state index contributed by atoms with van der Waals surface area (Å²) in [6.07, 6.45) is 0. The summed E-state index contributed by atoms with van der Waals surface area (Å²) in [7, 11) is 0. The molecule has 0 amide bonds. The number of fused-ring (bicyclic) bond motifs is 1. The van der Waals surface area contributed by atoms with E-state index in [1.54, 1.807) is 12.1 Å². The molecule has 0 saturated heterocycles. The number of benzene rings is 2. The van der Waals surface area contributed by atoms with Gasteiger partial charge in [0, 0.05) is 23.2 Å². The van der Waals surface area contributed by atoms with Crippen LogP contribution in [0.4, 0.5) is 5.69 Å². The first-order valence-electron chi connectivity index (χ1n) is 6.65. The highest BCUT2D eigenvalue weighted by Gasteiger charge is 2.10. The third-order valence-corrected chi connectivity index (χ3v) is 3.57. The average molecular weight is 267 g/mol. The number of anilines is 1. The van der Waals surface area contributed by atoms with Crippen molar-refractivity contribution in [2.24, 2.45) is 0 Å². The van der Waals surface area contributed by atoms with E-state index in [0.29, 0.717) is 6.54 Å². The van der Waals surface area contributed by atoms with Gasteiger partial charge in [0.2, 0.25) is 0 Å². The third-order valence-electron chi connectivity index (χ3n) is 3.57. The lowest BCUT2D eigenvalue weighted by atomic mass is 10.1. The molecule has 1 heterocycles. The van der Waals surface area contributed by atoms with Crippen molar-refractivity contribution in [2.45, 2.75) is 20.4 Å². The molecule has 2 aromatic carbocycles. The maximum absolute atomic E-state index is 9.43. The summed E-state index contributed by atoms with van der Waals surface area (Å²) in [5, 5.41) is 14.0. The van der Waals surface area contributed by atoms with E-state index >= 15 is 0 Å². The van der Waals surface area contributed by atoms with Crippen LogP contribution in [0.15, 0.2) is 46.9 Å². The Kier molecular flexibility index (Phi) is 3.11. The Labute approximate surface area is 117 Å². The van der Waals surface area contributed by atoms with Crippen LogP contribution in [0.1, 0.15) is 16.9 Å². The molecule has 0 aliphatic carbocycles. The number of phenols is 1. The number of phenolic OH excluding ortho intramolecular Hbond substituents is 1. The molecule has 0 fully saturated rings. The molecule has 2 N–H and O–H groups in total. The fourth-order valence-electron chi connectivity index (χ4n) is 2.47. The molecule has 3 nitrogen and oxygen atoms in total. The molecule has 20 heavy (non-hydrogen) atoms. The van der Waals surface area contributed by atoms with Gasteiger partial charge in [-0.15, -0.1) is 0 Å². The van der Waals surface area contributed by atoms with E-state index < -0.39 is 0 Å². The van der Waals surface area contributed by atoms with Gasteiger partial charge in [-0.05, 0) is 43.7 Å². The van der Waals surface area contributed by atoms with Gasteiger partial charge < -0.3 is 14.8 Å². The molecule has 3 heteroatoms. The van der Waals surface area contributed by atoms with Gasteiger partial charge in [-0.2, -0.15) is 0 Å². The Hall–Kier alpha value is -2.42. The molecule has 0 radical (unpaired) electrons. The van der Waals surface area contributed by atoms with Crippen LogP contribution in [-0.4, -0.2) is 5.11 Å². The zero-order valence-electron chi connectivity index (χ0n) is 11.6. The normalized spacial score (nSPS) is 10.9. The van der Waals surface area contributed by atoms with E-state index in [1.807, 2.05) is 38.1 Å². The molecule has 102 valence electrons. The number of nitrogens with one attached hydrogen (secondary N) is 1. The van der Waals surface area contributed by atoms with E-state index in [1.165, 1.54) is 5.56 Å². The Morgan fingerprint density at radius 3 is 2.70 bits per heavy atom. The predicted molar refractivity (Wildman–Crippen MR) is 81.1 cm³/mol. The Morgan fingerprint density at radius 2 is 1.90 bits per heavy atom. The van der Waals surface area contributed by atoms with Crippen molar-refractivity contribution in [2.75, 3.05) is 5.32 Å². The van der Waals surface area contributed by atoms with Crippen LogP contribution < -0.4 is 5.32 Å². The lowest BCUT2D eigenvalue weighted by Gasteiger charge is -2.09. The summed E-state index contributed by atoms with van der Waals surface area (Å²) in [6.45, 7) is 4.66. The van der Waals surface area contributed by atoms with E-state index in [0.717, 1.165) is 28.0 Å². The maximum atomic E-state index is 9.43. The highest BCUT2D eigenvalue weighted by Crippen LogP contribution is 2.27. The van der Waals surface area contributed by atoms with E-state index in [2.05, 4.69) is 11.4 Å². The summed E-state index contributed by atoms with van der Waals surface area (Å²) in [6, 6.07) is 13.4. The zero-order valence-corrected chi connectivity index (χ0v) is 11.6. The second kappa shape index (κ2) is 4.93. The van der Waals surface area contributed by atoms with Crippen LogP contribution in [0.25, 0.3) is 11.0 Å². The minimum absolute atomic E-state index is 0.290. The second-order valence-electron chi connectivity index (χ2n) is 4.99. The van der Waals surface area contributed by atoms with Gasteiger partial charge in [-0.25, -0.2) is 0 Å². The largest absolute Gasteiger partial charge is 0.508 e. The van der Waals surface area contributed by atoms with E-state index in [9.17, 15) is 5.11 Å². The van der Waals surface area contributed by atoms with E-state index in [4.69, 9.17) is 4.42 Å². The van der Waals surface area contributed by atoms with Gasteiger partial charge in [-0.1, -0.05) is 18.2 Å². The Balaban J connectivity index is 1.88. The monoisotopic (exact) mass is 267 g/mol. The molecule has 0 bridgehead atoms. The third kappa shape index (κ3) is 2.23. The molecule has 3 aromatic rings. The van der Waals surface area contributed by atoms with Crippen molar-refractivity contribution in [3.05, 3.63) is 59.4 Å². The second-order valence-corrected chi connectivity index (χ2v) is 4.99. The quantitative estimate of drug-likeness (QED) is 0.693. The number of aromatic hydroxyl groups is 1. The van der Waals surface area contributed by atoms with Crippen molar-refractivity contribution in [3.8, 4) is 5.75 Å². The lowest BCUT2D eigenvalue weighted by Crippen LogP contribution is -2.01. The molecule has 1 aromatic heterocycles. The number of hydrogen-bond donors (Lipinski definition) is 2. The SMILES string of the molecule is Cc1cc(O)ccc1NCc1c(C)oc2ccccc12. The summed E-state index contributed by atoms with van der Waals surface area (Å²) in [4.78, 5) is 0. The first-order valence-corrected chi connectivity index (χ1v) is 6.65. The predicted octanol–water partition coefficient (Wildman–Crippen LogP) is 4.37. The standard InChI is InChI=1S/C17H17NO2/c1-11-9-13(19)7-8-16(11)18-10-15-12(2)20-17-6-4-3-5-14(15)17/h3-9,18-19H,10H2,1-2H3. The zero-order chi connectivity index (χ0) is 14.1. The number of para-hydroxylation sites is 1. The molecule has 3 rings (SSSR count). The molecule has 0 saturated carbocycles. The van der Waals surface area contributed by atoms with Crippen molar-refractivity contribution < 1.29 is 9.52 Å². The van der Waals surface area contributed by atoms with Crippen LogP contribution in [0.5, 0.6) is 5.75 Å². The Bertz CT molecular complexity index is 759. The van der Waals surface area contributed by atoms with Crippen molar-refractivity contribution in [1.29, 1.82) is 0 Å². The van der Waals surface area contributed by atoms with Gasteiger partial charge in [-0.3, -0.25) is 0 Å². The van der Waals surface area contributed by atoms with Gasteiger partial charge in [0.25, 0.3) is 0 Å². The Morgan fingerprint density at radius 1 is 1.10 bits per heavy atom. The first kappa shape index (κ1) is 12.6. The van der Waals surface area contributed by atoms with Crippen molar-refractivity contribution >= 4 is 16.7 Å².